The van der Waals surface area contributed by atoms with E-state index in [2.05, 4.69) is 9.97 Å². The number of hydrogen-bond donors (Lipinski definition) is 1. The Labute approximate surface area is 96.1 Å². The van der Waals surface area contributed by atoms with Crippen molar-refractivity contribution in [3.05, 3.63) is 41.6 Å². The van der Waals surface area contributed by atoms with Gasteiger partial charge in [-0.05, 0) is 19.1 Å². The first kappa shape index (κ1) is 11.3. The minimum atomic E-state index is -0.679. The zero-order valence-electron chi connectivity index (χ0n) is 8.95. The van der Waals surface area contributed by atoms with Gasteiger partial charge in [0, 0.05) is 17.8 Å². The maximum Gasteiger partial charge on any atom is 0.224 e. The van der Waals surface area contributed by atoms with Crippen LogP contribution >= 0.6 is 0 Å². The quantitative estimate of drug-likeness (QED) is 0.871. The molecular formula is C11H9F2N3O. The van der Waals surface area contributed by atoms with Crippen LogP contribution in [0.4, 0.5) is 14.7 Å². The van der Waals surface area contributed by atoms with E-state index in [9.17, 15) is 8.78 Å². The summed E-state index contributed by atoms with van der Waals surface area (Å²) in [5, 5.41) is 0. The third-order valence-corrected chi connectivity index (χ3v) is 1.96. The Morgan fingerprint density at radius 1 is 1.18 bits per heavy atom. The third-order valence-electron chi connectivity index (χ3n) is 1.96. The fourth-order valence-corrected chi connectivity index (χ4v) is 1.28. The van der Waals surface area contributed by atoms with Crippen molar-refractivity contribution in [1.29, 1.82) is 0 Å². The van der Waals surface area contributed by atoms with Crippen molar-refractivity contribution >= 4 is 5.95 Å². The lowest BCUT2D eigenvalue weighted by Crippen LogP contribution is -1.99. The van der Waals surface area contributed by atoms with Crippen molar-refractivity contribution in [1.82, 2.24) is 9.97 Å². The second-order valence-corrected chi connectivity index (χ2v) is 3.38. The summed E-state index contributed by atoms with van der Waals surface area (Å²) in [6, 6.07) is 4.38. The number of halogens is 2. The molecule has 0 radical (unpaired) electrons. The van der Waals surface area contributed by atoms with Crippen LogP contribution in [0.1, 0.15) is 5.69 Å². The molecule has 4 nitrogen and oxygen atoms in total. The monoisotopic (exact) mass is 237 g/mol. The van der Waals surface area contributed by atoms with Gasteiger partial charge in [0.1, 0.15) is 5.82 Å². The Morgan fingerprint density at radius 2 is 1.94 bits per heavy atom. The molecule has 0 aliphatic rings. The summed E-state index contributed by atoms with van der Waals surface area (Å²) in [7, 11) is 0. The van der Waals surface area contributed by atoms with Crippen molar-refractivity contribution in [3.8, 4) is 11.6 Å². The average molecular weight is 237 g/mol. The van der Waals surface area contributed by atoms with E-state index >= 15 is 0 Å². The molecule has 6 heteroatoms. The highest BCUT2D eigenvalue weighted by atomic mass is 19.1. The molecule has 2 rings (SSSR count). The molecule has 0 amide bonds. The molecule has 0 aliphatic carbocycles. The molecule has 1 aromatic heterocycles. The summed E-state index contributed by atoms with van der Waals surface area (Å²) in [5.74, 6) is -1.44. The topological polar surface area (TPSA) is 61.0 Å². The highest BCUT2D eigenvalue weighted by Gasteiger charge is 2.08. The molecule has 2 N–H and O–H groups in total. The van der Waals surface area contributed by atoms with Gasteiger partial charge in [-0.1, -0.05) is 0 Å². The molecule has 0 bridgehead atoms. The van der Waals surface area contributed by atoms with Gasteiger partial charge in [-0.3, -0.25) is 0 Å². The SMILES string of the molecule is Cc1cc(Oc2cc(F)ccc2F)nc(N)n1. The lowest BCUT2D eigenvalue weighted by Gasteiger charge is -2.06. The van der Waals surface area contributed by atoms with E-state index in [1.54, 1.807) is 6.92 Å². The van der Waals surface area contributed by atoms with Gasteiger partial charge in [-0.15, -0.1) is 0 Å². The summed E-state index contributed by atoms with van der Waals surface area (Å²) in [5.41, 5.74) is 5.98. The first-order chi connectivity index (χ1) is 8.04. The summed E-state index contributed by atoms with van der Waals surface area (Å²) >= 11 is 0. The smallest absolute Gasteiger partial charge is 0.224 e. The van der Waals surface area contributed by atoms with Gasteiger partial charge in [0.25, 0.3) is 0 Å². The van der Waals surface area contributed by atoms with Crippen LogP contribution in [0, 0.1) is 18.6 Å². The van der Waals surface area contributed by atoms with Crippen LogP contribution in [0.25, 0.3) is 0 Å². The number of ether oxygens (including phenoxy) is 1. The van der Waals surface area contributed by atoms with Gasteiger partial charge in [0.05, 0.1) is 0 Å². The lowest BCUT2D eigenvalue weighted by atomic mass is 10.3. The van der Waals surface area contributed by atoms with Gasteiger partial charge in [0.15, 0.2) is 11.6 Å². The predicted octanol–water partition coefficient (Wildman–Crippen LogP) is 2.44. The van der Waals surface area contributed by atoms with E-state index in [0.29, 0.717) is 5.69 Å². The fraction of sp³-hybridized carbons (Fsp3) is 0.0909. The van der Waals surface area contributed by atoms with E-state index in [1.807, 2.05) is 0 Å². The number of aryl methyl sites for hydroxylation is 1. The van der Waals surface area contributed by atoms with E-state index < -0.39 is 11.6 Å². The Morgan fingerprint density at radius 3 is 2.65 bits per heavy atom. The van der Waals surface area contributed by atoms with Gasteiger partial charge in [0.2, 0.25) is 11.8 Å². The number of nitrogens with zero attached hydrogens (tertiary/aromatic N) is 2. The molecule has 0 atom stereocenters. The summed E-state index contributed by atoms with van der Waals surface area (Å²) in [4.78, 5) is 7.59. The largest absolute Gasteiger partial charge is 0.436 e. The van der Waals surface area contributed by atoms with Crippen molar-refractivity contribution in [2.45, 2.75) is 6.92 Å². The summed E-state index contributed by atoms with van der Waals surface area (Å²) < 4.78 is 31.3. The van der Waals surface area contributed by atoms with Gasteiger partial charge >= 0.3 is 0 Å². The number of benzene rings is 1. The number of aromatic nitrogens is 2. The Kier molecular flexibility index (Phi) is 2.86. The van der Waals surface area contributed by atoms with Gasteiger partial charge in [-0.25, -0.2) is 13.8 Å². The first-order valence-corrected chi connectivity index (χ1v) is 4.78. The van der Waals surface area contributed by atoms with E-state index in [4.69, 9.17) is 10.5 Å². The molecule has 0 aliphatic heterocycles. The molecule has 17 heavy (non-hydrogen) atoms. The average Bonchev–Trinajstić information content (AvgIpc) is 2.22. The molecule has 0 fully saturated rings. The molecule has 0 unspecified atom stereocenters. The van der Waals surface area contributed by atoms with E-state index in [0.717, 1.165) is 18.2 Å². The van der Waals surface area contributed by atoms with Crippen LogP contribution in [0.15, 0.2) is 24.3 Å². The van der Waals surface area contributed by atoms with Crippen LogP contribution < -0.4 is 10.5 Å². The highest BCUT2D eigenvalue weighted by molar-refractivity contribution is 5.32. The van der Waals surface area contributed by atoms with Gasteiger partial charge in [-0.2, -0.15) is 4.98 Å². The molecule has 0 spiro atoms. The predicted molar refractivity (Wildman–Crippen MR) is 57.6 cm³/mol. The fourth-order valence-electron chi connectivity index (χ4n) is 1.28. The Balaban J connectivity index is 2.34. The van der Waals surface area contributed by atoms with Crippen LogP contribution in [0.5, 0.6) is 11.6 Å². The molecule has 0 saturated carbocycles. The van der Waals surface area contributed by atoms with Crippen molar-refractivity contribution < 1.29 is 13.5 Å². The van der Waals surface area contributed by atoms with Crippen LogP contribution in [-0.2, 0) is 0 Å². The Bertz CT molecular complexity index is 540. The Hall–Kier alpha value is -2.24. The molecule has 2 aromatic rings. The first-order valence-electron chi connectivity index (χ1n) is 4.78. The van der Waals surface area contributed by atoms with E-state index in [1.165, 1.54) is 6.07 Å². The van der Waals surface area contributed by atoms with Crippen LogP contribution in [0.2, 0.25) is 0 Å². The van der Waals surface area contributed by atoms with Crippen molar-refractivity contribution in [2.75, 3.05) is 5.73 Å². The summed E-state index contributed by atoms with van der Waals surface area (Å²) in [6.07, 6.45) is 0. The second-order valence-electron chi connectivity index (χ2n) is 3.38. The lowest BCUT2D eigenvalue weighted by molar-refractivity contribution is 0.422. The van der Waals surface area contributed by atoms with Crippen LogP contribution in [0.3, 0.4) is 0 Å². The molecule has 1 aromatic carbocycles. The molecule has 0 saturated heterocycles. The number of nitrogen functional groups attached to an aromatic ring is 1. The second kappa shape index (κ2) is 4.32. The molecule has 1 heterocycles. The van der Waals surface area contributed by atoms with Crippen LogP contribution in [-0.4, -0.2) is 9.97 Å². The standard InChI is InChI=1S/C11H9F2N3O/c1-6-4-10(16-11(14)15-6)17-9-5-7(12)2-3-8(9)13/h2-5H,1H3,(H2,14,15,16). The summed E-state index contributed by atoms with van der Waals surface area (Å²) in [6.45, 7) is 1.69. The maximum absolute atomic E-state index is 13.3. The van der Waals surface area contributed by atoms with E-state index in [-0.39, 0.29) is 17.6 Å². The van der Waals surface area contributed by atoms with Gasteiger partial charge < -0.3 is 10.5 Å². The highest BCUT2D eigenvalue weighted by Crippen LogP contribution is 2.24. The van der Waals surface area contributed by atoms with Crippen molar-refractivity contribution in [3.63, 3.8) is 0 Å². The molecule has 88 valence electrons. The number of nitrogens with two attached hydrogens (primary N) is 1. The number of hydrogen-bond acceptors (Lipinski definition) is 4. The minimum absolute atomic E-state index is 0.0109. The normalized spacial score (nSPS) is 10.3. The zero-order chi connectivity index (χ0) is 12.4. The third kappa shape index (κ3) is 2.66. The number of anilines is 1. The maximum atomic E-state index is 13.3. The molecular weight excluding hydrogens is 228 g/mol. The number of rotatable bonds is 2. The minimum Gasteiger partial charge on any atom is -0.436 e. The zero-order valence-corrected chi connectivity index (χ0v) is 8.95. The van der Waals surface area contributed by atoms with Crippen molar-refractivity contribution in [2.24, 2.45) is 0 Å².